The Hall–Kier alpha value is -1.21. The van der Waals surface area contributed by atoms with Gasteiger partial charge in [0.05, 0.1) is 4.90 Å². The quantitative estimate of drug-likeness (QED) is 0.851. The van der Waals surface area contributed by atoms with E-state index in [9.17, 15) is 8.42 Å². The highest BCUT2D eigenvalue weighted by atomic mass is 32.2. The second kappa shape index (κ2) is 8.25. The van der Waals surface area contributed by atoms with Crippen LogP contribution in [0.3, 0.4) is 0 Å². The molecule has 1 aliphatic heterocycles. The molecule has 0 bridgehead atoms. The van der Waals surface area contributed by atoms with Gasteiger partial charge in [-0.3, -0.25) is 4.90 Å². The van der Waals surface area contributed by atoms with Gasteiger partial charge in [-0.05, 0) is 60.5 Å². The summed E-state index contributed by atoms with van der Waals surface area (Å²) in [5.41, 5.74) is 1.21. The lowest BCUT2D eigenvalue weighted by Gasteiger charge is -2.30. The first-order valence-electron chi connectivity index (χ1n) is 8.48. The molecule has 2 heterocycles. The van der Waals surface area contributed by atoms with Gasteiger partial charge >= 0.3 is 0 Å². The number of nitrogens with zero attached hydrogens (tertiary/aromatic N) is 1. The fourth-order valence-corrected chi connectivity index (χ4v) is 4.97. The van der Waals surface area contributed by atoms with Gasteiger partial charge < -0.3 is 0 Å². The summed E-state index contributed by atoms with van der Waals surface area (Å²) in [6.07, 6.45) is 4.91. The van der Waals surface area contributed by atoms with Crippen LogP contribution in [0.15, 0.2) is 52.1 Å². The van der Waals surface area contributed by atoms with Crippen LogP contribution in [-0.2, 0) is 10.0 Å². The van der Waals surface area contributed by atoms with Gasteiger partial charge in [-0.2, -0.15) is 11.3 Å². The van der Waals surface area contributed by atoms with Crippen molar-refractivity contribution < 1.29 is 8.42 Å². The van der Waals surface area contributed by atoms with Crippen LogP contribution < -0.4 is 4.72 Å². The number of hydrogen-bond donors (Lipinski definition) is 1. The Labute approximate surface area is 148 Å². The number of sulfonamides is 1. The van der Waals surface area contributed by atoms with E-state index in [-0.39, 0.29) is 6.04 Å². The molecule has 6 heteroatoms. The van der Waals surface area contributed by atoms with Crippen molar-refractivity contribution >= 4 is 21.4 Å². The Morgan fingerprint density at radius 1 is 1.04 bits per heavy atom. The summed E-state index contributed by atoms with van der Waals surface area (Å²) in [5.74, 6) is 0. The molecular formula is C18H24N2O2S2. The molecule has 1 N–H and O–H groups in total. The summed E-state index contributed by atoms with van der Waals surface area (Å²) in [4.78, 5) is 2.76. The number of benzene rings is 1. The minimum absolute atomic E-state index is 0.104. The Morgan fingerprint density at radius 3 is 2.38 bits per heavy atom. The zero-order valence-corrected chi connectivity index (χ0v) is 15.4. The van der Waals surface area contributed by atoms with Crippen molar-refractivity contribution in [1.82, 2.24) is 9.62 Å². The SMILES string of the molecule is O=S(=O)(NCC(c1ccsc1)N1CCCCCC1)c1ccccc1. The number of thiophene rings is 1. The molecule has 3 rings (SSSR count). The summed E-state index contributed by atoms with van der Waals surface area (Å²) in [6.45, 7) is 2.48. The van der Waals surface area contributed by atoms with E-state index < -0.39 is 10.0 Å². The molecule has 0 spiro atoms. The predicted octanol–water partition coefficient (Wildman–Crippen LogP) is 3.64. The minimum Gasteiger partial charge on any atom is -0.295 e. The van der Waals surface area contributed by atoms with Crippen molar-refractivity contribution in [2.24, 2.45) is 0 Å². The largest absolute Gasteiger partial charge is 0.295 e. The van der Waals surface area contributed by atoms with Gasteiger partial charge in [0.15, 0.2) is 0 Å². The maximum absolute atomic E-state index is 12.5. The smallest absolute Gasteiger partial charge is 0.240 e. The lowest BCUT2D eigenvalue weighted by Crippen LogP contribution is -2.38. The molecule has 0 amide bonds. The maximum Gasteiger partial charge on any atom is 0.240 e. The summed E-state index contributed by atoms with van der Waals surface area (Å²) < 4.78 is 27.9. The van der Waals surface area contributed by atoms with E-state index in [1.54, 1.807) is 35.6 Å². The molecule has 1 atom stereocenters. The second-order valence-electron chi connectivity index (χ2n) is 6.19. The summed E-state index contributed by atoms with van der Waals surface area (Å²) in [5, 5.41) is 4.19. The third-order valence-electron chi connectivity index (χ3n) is 4.53. The van der Waals surface area contributed by atoms with Gasteiger partial charge in [0, 0.05) is 12.6 Å². The number of likely N-dealkylation sites (tertiary alicyclic amines) is 1. The lowest BCUT2D eigenvalue weighted by atomic mass is 10.1. The Kier molecular flexibility index (Phi) is 6.05. The van der Waals surface area contributed by atoms with Gasteiger partial charge in [0.1, 0.15) is 0 Å². The second-order valence-corrected chi connectivity index (χ2v) is 8.73. The summed E-state index contributed by atoms with van der Waals surface area (Å²) in [7, 11) is -3.47. The summed E-state index contributed by atoms with van der Waals surface area (Å²) in [6, 6.07) is 10.8. The molecule has 24 heavy (non-hydrogen) atoms. The van der Waals surface area contributed by atoms with Crippen LogP contribution in [0.25, 0.3) is 0 Å². The molecule has 4 nitrogen and oxygen atoms in total. The van der Waals surface area contributed by atoms with E-state index in [2.05, 4.69) is 26.4 Å². The first-order valence-corrected chi connectivity index (χ1v) is 10.9. The zero-order chi connectivity index (χ0) is 16.8. The Morgan fingerprint density at radius 2 is 1.75 bits per heavy atom. The van der Waals surface area contributed by atoms with Crippen LogP contribution in [0.5, 0.6) is 0 Å². The van der Waals surface area contributed by atoms with Crippen LogP contribution in [0.2, 0.25) is 0 Å². The van der Waals surface area contributed by atoms with Gasteiger partial charge in [-0.15, -0.1) is 0 Å². The number of rotatable bonds is 6. The topological polar surface area (TPSA) is 49.4 Å². The minimum atomic E-state index is -3.47. The average Bonchev–Trinajstić information content (AvgIpc) is 2.99. The number of hydrogen-bond acceptors (Lipinski definition) is 4. The molecule has 130 valence electrons. The predicted molar refractivity (Wildman–Crippen MR) is 98.7 cm³/mol. The van der Waals surface area contributed by atoms with Gasteiger partial charge in [-0.1, -0.05) is 31.0 Å². The van der Waals surface area contributed by atoms with Gasteiger partial charge in [-0.25, -0.2) is 13.1 Å². The molecule has 0 saturated carbocycles. The van der Waals surface area contributed by atoms with E-state index in [0.29, 0.717) is 11.4 Å². The van der Waals surface area contributed by atoms with Gasteiger partial charge in [0.2, 0.25) is 10.0 Å². The van der Waals surface area contributed by atoms with Crippen molar-refractivity contribution in [3.05, 3.63) is 52.7 Å². The van der Waals surface area contributed by atoms with Gasteiger partial charge in [0.25, 0.3) is 0 Å². The van der Waals surface area contributed by atoms with E-state index in [4.69, 9.17) is 0 Å². The molecule has 1 fully saturated rings. The molecule has 1 unspecified atom stereocenters. The lowest BCUT2D eigenvalue weighted by molar-refractivity contribution is 0.206. The first-order chi connectivity index (χ1) is 11.7. The number of nitrogens with one attached hydrogen (secondary N) is 1. The molecule has 2 aromatic rings. The van der Waals surface area contributed by atoms with E-state index in [1.165, 1.54) is 31.2 Å². The first kappa shape index (κ1) is 17.6. The fraction of sp³-hybridized carbons (Fsp3) is 0.444. The highest BCUT2D eigenvalue weighted by molar-refractivity contribution is 7.89. The van der Waals surface area contributed by atoms with Crippen molar-refractivity contribution in [2.75, 3.05) is 19.6 Å². The highest BCUT2D eigenvalue weighted by Gasteiger charge is 2.24. The van der Waals surface area contributed by atoms with E-state index in [1.807, 2.05) is 6.07 Å². The van der Waals surface area contributed by atoms with Crippen LogP contribution in [-0.4, -0.2) is 33.0 Å². The van der Waals surface area contributed by atoms with Crippen LogP contribution in [0.4, 0.5) is 0 Å². The molecule has 0 radical (unpaired) electrons. The summed E-state index contributed by atoms with van der Waals surface area (Å²) >= 11 is 1.66. The van der Waals surface area contributed by atoms with Crippen LogP contribution in [0.1, 0.15) is 37.3 Å². The Balaban J connectivity index is 1.75. The average molecular weight is 365 g/mol. The van der Waals surface area contributed by atoms with Crippen LogP contribution >= 0.6 is 11.3 Å². The van der Waals surface area contributed by atoms with Crippen molar-refractivity contribution in [3.8, 4) is 0 Å². The van der Waals surface area contributed by atoms with E-state index >= 15 is 0 Å². The third kappa shape index (κ3) is 4.45. The normalized spacial score (nSPS) is 18.2. The van der Waals surface area contributed by atoms with Crippen molar-refractivity contribution in [3.63, 3.8) is 0 Å². The molecule has 1 aliphatic rings. The zero-order valence-electron chi connectivity index (χ0n) is 13.7. The van der Waals surface area contributed by atoms with Crippen molar-refractivity contribution in [1.29, 1.82) is 0 Å². The molecular weight excluding hydrogens is 340 g/mol. The third-order valence-corrected chi connectivity index (χ3v) is 6.67. The standard InChI is InChI=1S/C18H24N2O2S2/c21-24(22,17-8-4-3-5-9-17)19-14-18(16-10-13-23-15-16)20-11-6-1-2-7-12-20/h3-5,8-10,13,15,18-19H,1-2,6-7,11-12,14H2. The molecule has 1 saturated heterocycles. The highest BCUT2D eigenvalue weighted by Crippen LogP contribution is 2.26. The Bertz CT molecular complexity index is 707. The maximum atomic E-state index is 12.5. The molecule has 1 aromatic carbocycles. The monoisotopic (exact) mass is 364 g/mol. The molecule has 1 aromatic heterocycles. The fourth-order valence-electron chi connectivity index (χ4n) is 3.20. The van der Waals surface area contributed by atoms with Crippen LogP contribution in [0, 0.1) is 0 Å². The molecule has 0 aliphatic carbocycles. The van der Waals surface area contributed by atoms with E-state index in [0.717, 1.165) is 13.1 Å². The van der Waals surface area contributed by atoms with Crippen molar-refractivity contribution in [2.45, 2.75) is 36.6 Å².